The standard InChI is InChI=1S/C12H20N2O3S/c1-3-13-18(15,16)12-6-7-14(9-12)8-11-5-4-10(2)17-11/h4-5,12-13H,3,6-9H2,1-2H3. The number of likely N-dealkylation sites (tertiary alicyclic amines) is 1. The van der Waals surface area contributed by atoms with E-state index in [4.69, 9.17) is 4.42 Å². The van der Waals surface area contributed by atoms with Crippen LogP contribution in [0, 0.1) is 6.92 Å². The first-order chi connectivity index (χ1) is 8.51. The molecule has 2 heterocycles. The second kappa shape index (κ2) is 5.42. The normalized spacial score (nSPS) is 21.6. The predicted octanol–water partition coefficient (Wildman–Crippen LogP) is 1.10. The van der Waals surface area contributed by atoms with E-state index >= 15 is 0 Å². The van der Waals surface area contributed by atoms with Crippen molar-refractivity contribution >= 4 is 10.0 Å². The number of rotatable bonds is 5. The molecule has 6 heteroatoms. The van der Waals surface area contributed by atoms with Crippen LogP contribution < -0.4 is 4.72 Å². The Morgan fingerprint density at radius 3 is 2.89 bits per heavy atom. The van der Waals surface area contributed by atoms with Crippen LogP contribution in [0.2, 0.25) is 0 Å². The van der Waals surface area contributed by atoms with Gasteiger partial charge in [0.05, 0.1) is 11.8 Å². The summed E-state index contributed by atoms with van der Waals surface area (Å²) in [6.07, 6.45) is 0.690. The minimum Gasteiger partial charge on any atom is -0.465 e. The fourth-order valence-electron chi connectivity index (χ4n) is 2.30. The van der Waals surface area contributed by atoms with Crippen molar-refractivity contribution in [1.82, 2.24) is 9.62 Å². The molecule has 1 aliphatic rings. The average Bonchev–Trinajstić information content (AvgIpc) is 2.89. The first-order valence-corrected chi connectivity index (χ1v) is 7.82. The molecule has 0 bridgehead atoms. The van der Waals surface area contributed by atoms with Crippen LogP contribution in [0.1, 0.15) is 24.9 Å². The largest absolute Gasteiger partial charge is 0.465 e. The highest BCUT2D eigenvalue weighted by atomic mass is 32.2. The second-order valence-electron chi connectivity index (χ2n) is 4.70. The molecule has 0 aromatic carbocycles. The number of aryl methyl sites for hydroxylation is 1. The van der Waals surface area contributed by atoms with E-state index in [2.05, 4.69) is 9.62 Å². The molecular weight excluding hydrogens is 252 g/mol. The third-order valence-corrected chi connectivity index (χ3v) is 5.14. The zero-order valence-corrected chi connectivity index (χ0v) is 11.7. The molecule has 1 unspecified atom stereocenters. The first-order valence-electron chi connectivity index (χ1n) is 6.27. The van der Waals surface area contributed by atoms with Crippen molar-refractivity contribution in [2.75, 3.05) is 19.6 Å². The van der Waals surface area contributed by atoms with Gasteiger partial charge in [-0.2, -0.15) is 0 Å². The lowest BCUT2D eigenvalue weighted by Gasteiger charge is -2.14. The van der Waals surface area contributed by atoms with Gasteiger partial charge >= 0.3 is 0 Å². The number of sulfonamides is 1. The van der Waals surface area contributed by atoms with Crippen LogP contribution in [0.5, 0.6) is 0 Å². The Balaban J connectivity index is 1.92. The van der Waals surface area contributed by atoms with Gasteiger partial charge in [0.1, 0.15) is 11.5 Å². The van der Waals surface area contributed by atoms with Crippen molar-refractivity contribution in [3.05, 3.63) is 23.7 Å². The summed E-state index contributed by atoms with van der Waals surface area (Å²) in [5.41, 5.74) is 0. The van der Waals surface area contributed by atoms with Crippen molar-refractivity contribution < 1.29 is 12.8 Å². The first kappa shape index (κ1) is 13.6. The van der Waals surface area contributed by atoms with E-state index in [0.717, 1.165) is 18.1 Å². The Hall–Kier alpha value is -0.850. The summed E-state index contributed by atoms with van der Waals surface area (Å²) in [6.45, 7) is 6.23. The maximum atomic E-state index is 11.9. The Labute approximate surface area is 108 Å². The Morgan fingerprint density at radius 1 is 1.50 bits per heavy atom. The minimum atomic E-state index is -3.15. The van der Waals surface area contributed by atoms with Gasteiger partial charge in [0.2, 0.25) is 10.0 Å². The van der Waals surface area contributed by atoms with Gasteiger partial charge in [-0.3, -0.25) is 4.90 Å². The number of nitrogens with one attached hydrogen (secondary N) is 1. The zero-order valence-electron chi connectivity index (χ0n) is 10.8. The summed E-state index contributed by atoms with van der Waals surface area (Å²) in [7, 11) is -3.15. The molecule has 1 aromatic rings. The van der Waals surface area contributed by atoms with Gasteiger partial charge < -0.3 is 4.42 Å². The van der Waals surface area contributed by atoms with Gasteiger partial charge in [-0.1, -0.05) is 6.92 Å². The van der Waals surface area contributed by atoms with Crippen LogP contribution in [0.15, 0.2) is 16.5 Å². The summed E-state index contributed by atoms with van der Waals surface area (Å²) in [6, 6.07) is 3.87. The highest BCUT2D eigenvalue weighted by Gasteiger charge is 2.32. The van der Waals surface area contributed by atoms with Gasteiger partial charge in [-0.05, 0) is 25.5 Å². The summed E-state index contributed by atoms with van der Waals surface area (Å²) in [5, 5.41) is -0.298. The molecule has 0 saturated carbocycles. The molecule has 1 aromatic heterocycles. The van der Waals surface area contributed by atoms with Crippen molar-refractivity contribution in [3.8, 4) is 0 Å². The number of hydrogen-bond acceptors (Lipinski definition) is 4. The number of furan rings is 1. The molecule has 0 aliphatic carbocycles. The maximum Gasteiger partial charge on any atom is 0.215 e. The quantitative estimate of drug-likeness (QED) is 0.872. The molecule has 1 atom stereocenters. The molecule has 18 heavy (non-hydrogen) atoms. The summed E-state index contributed by atoms with van der Waals surface area (Å²) >= 11 is 0. The van der Waals surface area contributed by atoms with E-state index in [-0.39, 0.29) is 5.25 Å². The highest BCUT2D eigenvalue weighted by molar-refractivity contribution is 7.90. The molecule has 5 nitrogen and oxygen atoms in total. The summed E-state index contributed by atoms with van der Waals surface area (Å²) in [4.78, 5) is 2.12. The number of hydrogen-bond donors (Lipinski definition) is 1. The minimum absolute atomic E-state index is 0.298. The van der Waals surface area contributed by atoms with Crippen LogP contribution in [0.3, 0.4) is 0 Å². The number of nitrogens with zero attached hydrogens (tertiary/aromatic N) is 1. The lowest BCUT2D eigenvalue weighted by atomic mass is 10.4. The van der Waals surface area contributed by atoms with E-state index in [1.165, 1.54) is 0 Å². The molecule has 102 valence electrons. The van der Waals surface area contributed by atoms with E-state index < -0.39 is 10.0 Å². The molecular formula is C12H20N2O3S. The molecule has 0 spiro atoms. The van der Waals surface area contributed by atoms with Gasteiger partial charge in [-0.15, -0.1) is 0 Å². The van der Waals surface area contributed by atoms with Gasteiger partial charge in [0.15, 0.2) is 0 Å². The van der Waals surface area contributed by atoms with E-state index in [9.17, 15) is 8.42 Å². The highest BCUT2D eigenvalue weighted by Crippen LogP contribution is 2.19. The molecule has 1 N–H and O–H groups in total. The lowest BCUT2D eigenvalue weighted by molar-refractivity contribution is 0.294. The average molecular weight is 272 g/mol. The van der Waals surface area contributed by atoms with Crippen molar-refractivity contribution in [3.63, 3.8) is 0 Å². The fourth-order valence-corrected chi connectivity index (χ4v) is 3.76. The van der Waals surface area contributed by atoms with Gasteiger partial charge in [0.25, 0.3) is 0 Å². The molecule has 0 radical (unpaired) electrons. The van der Waals surface area contributed by atoms with E-state index in [1.54, 1.807) is 6.92 Å². The van der Waals surface area contributed by atoms with Crippen molar-refractivity contribution in [2.24, 2.45) is 0 Å². The molecule has 0 amide bonds. The SMILES string of the molecule is CCNS(=O)(=O)C1CCN(Cc2ccc(C)o2)C1. The Morgan fingerprint density at radius 2 is 2.28 bits per heavy atom. The zero-order chi connectivity index (χ0) is 13.2. The third kappa shape index (κ3) is 3.13. The summed E-state index contributed by atoms with van der Waals surface area (Å²) < 4.78 is 31.8. The van der Waals surface area contributed by atoms with Crippen LogP contribution in [-0.4, -0.2) is 38.2 Å². The van der Waals surface area contributed by atoms with Crippen LogP contribution in [0.4, 0.5) is 0 Å². The lowest BCUT2D eigenvalue weighted by Crippen LogP contribution is -2.36. The Bertz CT molecular complexity index is 495. The van der Waals surface area contributed by atoms with Crippen LogP contribution >= 0.6 is 0 Å². The van der Waals surface area contributed by atoms with Crippen LogP contribution in [-0.2, 0) is 16.6 Å². The third-order valence-electron chi connectivity index (χ3n) is 3.19. The topological polar surface area (TPSA) is 62.6 Å². The maximum absolute atomic E-state index is 11.9. The van der Waals surface area contributed by atoms with E-state index in [0.29, 0.717) is 26.1 Å². The van der Waals surface area contributed by atoms with Crippen LogP contribution in [0.25, 0.3) is 0 Å². The predicted molar refractivity (Wildman–Crippen MR) is 69.7 cm³/mol. The van der Waals surface area contributed by atoms with E-state index in [1.807, 2.05) is 19.1 Å². The van der Waals surface area contributed by atoms with Gasteiger partial charge in [0, 0.05) is 19.6 Å². The molecule has 1 fully saturated rings. The molecule has 1 aliphatic heterocycles. The second-order valence-corrected chi connectivity index (χ2v) is 6.75. The van der Waals surface area contributed by atoms with Crippen molar-refractivity contribution in [1.29, 1.82) is 0 Å². The molecule has 2 rings (SSSR count). The smallest absolute Gasteiger partial charge is 0.215 e. The van der Waals surface area contributed by atoms with Crippen molar-refractivity contribution in [2.45, 2.75) is 32.1 Å². The monoisotopic (exact) mass is 272 g/mol. The Kier molecular flexibility index (Phi) is 4.09. The summed E-state index contributed by atoms with van der Waals surface area (Å²) in [5.74, 6) is 1.79. The molecule has 1 saturated heterocycles. The fraction of sp³-hybridized carbons (Fsp3) is 0.667. The van der Waals surface area contributed by atoms with Gasteiger partial charge in [-0.25, -0.2) is 13.1 Å².